The van der Waals surface area contributed by atoms with Crippen molar-refractivity contribution < 1.29 is 4.42 Å². The molecule has 11 aromatic rings. The summed E-state index contributed by atoms with van der Waals surface area (Å²) in [5, 5.41) is 4.49. The van der Waals surface area contributed by atoms with E-state index in [1.54, 1.807) is 0 Å². The topological polar surface area (TPSA) is 56.7 Å². The highest BCUT2D eigenvalue weighted by Crippen LogP contribution is 2.38. The highest BCUT2D eigenvalue weighted by Gasteiger charge is 2.19. The van der Waals surface area contributed by atoms with Gasteiger partial charge in [-0.25, -0.2) is 15.0 Å². The van der Waals surface area contributed by atoms with Crippen LogP contribution in [0.1, 0.15) is 0 Å². The maximum absolute atomic E-state index is 6.45. The SMILES string of the molecule is c1ccc(-c2cccc(-c3ccc4c5ccccc5n(-c5cccc(-c6nc(-c7ccccc7)nc(-c7cccc8c7oc7ccccc78)n6)c5)c4c3)c2)cc1. The number of aromatic nitrogens is 4. The van der Waals surface area contributed by atoms with Crippen LogP contribution in [0.15, 0.2) is 199 Å². The minimum atomic E-state index is 0.558. The Balaban J connectivity index is 1.08. The van der Waals surface area contributed by atoms with Gasteiger partial charge in [0, 0.05) is 38.4 Å². The molecule has 0 N–H and O–H groups in total. The third-order valence-electron chi connectivity index (χ3n) is 10.7. The predicted octanol–water partition coefficient (Wildman–Crippen LogP) is 13.2. The first-order chi connectivity index (χ1) is 27.7. The van der Waals surface area contributed by atoms with Gasteiger partial charge >= 0.3 is 0 Å². The lowest BCUT2D eigenvalue weighted by atomic mass is 9.98. The number of furan rings is 1. The molecule has 0 radical (unpaired) electrons. The predicted molar refractivity (Wildman–Crippen MR) is 229 cm³/mol. The zero-order valence-electron chi connectivity index (χ0n) is 30.2. The molecule has 0 bridgehead atoms. The normalized spacial score (nSPS) is 11.6. The van der Waals surface area contributed by atoms with Gasteiger partial charge in [-0.15, -0.1) is 0 Å². The Bertz CT molecular complexity index is 3250. The van der Waals surface area contributed by atoms with Gasteiger partial charge in [-0.1, -0.05) is 152 Å². The van der Waals surface area contributed by atoms with Crippen molar-refractivity contribution in [1.29, 1.82) is 0 Å². The summed E-state index contributed by atoms with van der Waals surface area (Å²) in [6.07, 6.45) is 0. The third kappa shape index (κ3) is 5.37. The second-order valence-corrected chi connectivity index (χ2v) is 14.0. The van der Waals surface area contributed by atoms with E-state index >= 15 is 0 Å². The van der Waals surface area contributed by atoms with Crippen LogP contribution in [0.4, 0.5) is 0 Å². The smallest absolute Gasteiger partial charge is 0.167 e. The van der Waals surface area contributed by atoms with Crippen LogP contribution in [0, 0.1) is 0 Å². The van der Waals surface area contributed by atoms with Crippen molar-refractivity contribution in [2.45, 2.75) is 0 Å². The minimum absolute atomic E-state index is 0.558. The molecule has 0 spiro atoms. The van der Waals surface area contributed by atoms with E-state index in [4.69, 9.17) is 19.4 Å². The average Bonchev–Trinajstić information content (AvgIpc) is 3.83. The van der Waals surface area contributed by atoms with E-state index in [1.807, 2.05) is 60.7 Å². The second-order valence-electron chi connectivity index (χ2n) is 14.0. The summed E-state index contributed by atoms with van der Waals surface area (Å²) in [5.41, 5.74) is 12.2. The summed E-state index contributed by atoms with van der Waals surface area (Å²) in [5.74, 6) is 1.74. The van der Waals surface area contributed by atoms with Gasteiger partial charge in [-0.05, 0) is 64.7 Å². The molecule has 0 saturated carbocycles. The molecule has 56 heavy (non-hydrogen) atoms. The number of benzene rings is 8. The Kier molecular flexibility index (Phi) is 7.42. The van der Waals surface area contributed by atoms with Gasteiger partial charge in [-0.2, -0.15) is 0 Å². The molecule has 0 aliphatic heterocycles. The van der Waals surface area contributed by atoms with Gasteiger partial charge in [0.1, 0.15) is 11.2 Å². The second kappa shape index (κ2) is 13.0. The van der Waals surface area contributed by atoms with E-state index in [0.29, 0.717) is 17.5 Å². The molecule has 0 atom stereocenters. The van der Waals surface area contributed by atoms with Crippen LogP contribution < -0.4 is 0 Å². The summed E-state index contributed by atoms with van der Waals surface area (Å²) < 4.78 is 8.80. The Morgan fingerprint density at radius 2 is 0.911 bits per heavy atom. The Labute approximate surface area is 322 Å². The first-order valence-corrected chi connectivity index (χ1v) is 18.8. The lowest BCUT2D eigenvalue weighted by Gasteiger charge is -2.12. The number of rotatable bonds is 6. The molecule has 5 nitrogen and oxygen atoms in total. The standard InChI is InChI=1S/C51H32N4O/c1-3-14-33(15-4-1)35-18-11-19-36(30-35)37-28-29-41-40-22-7-9-26-45(40)55(46(41)32-37)39-21-12-20-38(31-39)50-52-49(34-16-5-2-6-17-34)53-51(54-50)44-25-13-24-43-42-23-8-10-27-47(42)56-48(43)44/h1-32H. The van der Waals surface area contributed by atoms with Gasteiger partial charge in [-0.3, -0.25) is 0 Å². The minimum Gasteiger partial charge on any atom is -0.455 e. The molecule has 3 heterocycles. The molecule has 3 aromatic heterocycles. The molecular formula is C51H32N4O. The molecule has 8 aromatic carbocycles. The van der Waals surface area contributed by atoms with Crippen molar-refractivity contribution in [3.8, 4) is 62.1 Å². The summed E-state index contributed by atoms with van der Waals surface area (Å²) in [6.45, 7) is 0. The van der Waals surface area contributed by atoms with Gasteiger partial charge < -0.3 is 8.98 Å². The lowest BCUT2D eigenvalue weighted by Crippen LogP contribution is -2.01. The van der Waals surface area contributed by atoms with Crippen LogP contribution in [0.3, 0.4) is 0 Å². The van der Waals surface area contributed by atoms with E-state index < -0.39 is 0 Å². The summed E-state index contributed by atoms with van der Waals surface area (Å²) in [7, 11) is 0. The Hall–Kier alpha value is -7.63. The Morgan fingerprint density at radius 3 is 1.75 bits per heavy atom. The van der Waals surface area contributed by atoms with E-state index in [9.17, 15) is 0 Å². The number of hydrogen-bond acceptors (Lipinski definition) is 4. The van der Waals surface area contributed by atoms with Crippen LogP contribution in [-0.4, -0.2) is 19.5 Å². The quantitative estimate of drug-likeness (QED) is 0.172. The number of para-hydroxylation sites is 3. The van der Waals surface area contributed by atoms with Crippen molar-refractivity contribution >= 4 is 43.7 Å². The Morgan fingerprint density at radius 1 is 0.339 bits per heavy atom. The van der Waals surface area contributed by atoms with E-state index in [0.717, 1.165) is 60.9 Å². The molecule has 11 rings (SSSR count). The summed E-state index contributed by atoms with van der Waals surface area (Å²) >= 11 is 0. The fourth-order valence-electron chi connectivity index (χ4n) is 7.99. The van der Waals surface area contributed by atoms with E-state index in [1.165, 1.54) is 27.5 Å². The molecule has 0 amide bonds. The monoisotopic (exact) mass is 716 g/mol. The highest BCUT2D eigenvalue weighted by atomic mass is 16.3. The van der Waals surface area contributed by atoms with Crippen molar-refractivity contribution in [3.05, 3.63) is 194 Å². The fourth-order valence-corrected chi connectivity index (χ4v) is 7.99. The summed E-state index contributed by atoms with van der Waals surface area (Å²) in [6, 6.07) is 67.6. The first kappa shape index (κ1) is 31.9. The first-order valence-electron chi connectivity index (χ1n) is 18.8. The maximum atomic E-state index is 6.45. The van der Waals surface area contributed by atoms with Crippen molar-refractivity contribution in [3.63, 3.8) is 0 Å². The summed E-state index contributed by atoms with van der Waals surface area (Å²) in [4.78, 5) is 15.3. The molecule has 0 aliphatic rings. The largest absolute Gasteiger partial charge is 0.455 e. The van der Waals surface area contributed by atoms with Crippen molar-refractivity contribution in [2.24, 2.45) is 0 Å². The van der Waals surface area contributed by atoms with Crippen molar-refractivity contribution in [2.75, 3.05) is 0 Å². The third-order valence-corrected chi connectivity index (χ3v) is 10.7. The number of fused-ring (bicyclic) bond motifs is 6. The molecular weight excluding hydrogens is 685 g/mol. The van der Waals surface area contributed by atoms with Gasteiger partial charge in [0.2, 0.25) is 0 Å². The van der Waals surface area contributed by atoms with E-state index in [-0.39, 0.29) is 0 Å². The number of nitrogens with zero attached hydrogens (tertiary/aromatic N) is 4. The molecule has 0 fully saturated rings. The molecule has 0 unspecified atom stereocenters. The molecule has 262 valence electrons. The molecule has 5 heteroatoms. The maximum Gasteiger partial charge on any atom is 0.167 e. The van der Waals surface area contributed by atoms with E-state index in [2.05, 4.69) is 138 Å². The average molecular weight is 717 g/mol. The number of hydrogen-bond donors (Lipinski definition) is 0. The fraction of sp³-hybridized carbons (Fsp3) is 0. The van der Waals surface area contributed by atoms with Gasteiger partial charge in [0.05, 0.1) is 16.6 Å². The van der Waals surface area contributed by atoms with Crippen LogP contribution in [0.25, 0.3) is 106 Å². The zero-order valence-corrected chi connectivity index (χ0v) is 30.2. The highest BCUT2D eigenvalue weighted by molar-refractivity contribution is 6.11. The lowest BCUT2D eigenvalue weighted by molar-refractivity contribution is 0.669. The zero-order chi connectivity index (χ0) is 37.0. The van der Waals surface area contributed by atoms with Gasteiger partial charge in [0.25, 0.3) is 0 Å². The van der Waals surface area contributed by atoms with Crippen molar-refractivity contribution in [1.82, 2.24) is 19.5 Å². The van der Waals surface area contributed by atoms with Crippen LogP contribution in [0.5, 0.6) is 0 Å². The van der Waals surface area contributed by atoms with Crippen LogP contribution in [-0.2, 0) is 0 Å². The molecule has 0 saturated heterocycles. The van der Waals surface area contributed by atoms with Gasteiger partial charge in [0.15, 0.2) is 17.5 Å². The van der Waals surface area contributed by atoms with Crippen LogP contribution >= 0.6 is 0 Å². The molecule has 0 aliphatic carbocycles. The van der Waals surface area contributed by atoms with Crippen LogP contribution in [0.2, 0.25) is 0 Å².